The minimum absolute atomic E-state index is 0.0227. The molecule has 0 bridgehead atoms. The molecule has 0 unspecified atom stereocenters. The fraction of sp³-hybridized carbons (Fsp3) is 0.538. The van der Waals surface area contributed by atoms with Gasteiger partial charge in [0.2, 0.25) is 0 Å². The van der Waals surface area contributed by atoms with Crippen molar-refractivity contribution in [2.45, 2.75) is 12.8 Å². The number of aromatic hydroxyl groups is 2. The maximum absolute atomic E-state index is 9.65. The molecule has 0 aromatic heterocycles. The SMILES string of the molecule is Oc1cccc(CCCN2CCOCC2)c1O. The van der Waals surface area contributed by atoms with Crippen LogP contribution < -0.4 is 0 Å². The van der Waals surface area contributed by atoms with Crippen molar-refractivity contribution in [1.82, 2.24) is 4.90 Å². The Morgan fingerprint density at radius 2 is 1.94 bits per heavy atom. The third kappa shape index (κ3) is 3.35. The summed E-state index contributed by atoms with van der Waals surface area (Å²) in [6, 6.07) is 5.12. The molecule has 2 rings (SSSR count). The topological polar surface area (TPSA) is 52.9 Å². The van der Waals surface area contributed by atoms with Gasteiger partial charge in [-0.1, -0.05) is 12.1 Å². The highest BCUT2D eigenvalue weighted by atomic mass is 16.5. The predicted octanol–water partition coefficient (Wildman–Crippen LogP) is 1.36. The zero-order chi connectivity index (χ0) is 12.1. The maximum atomic E-state index is 9.65. The average molecular weight is 237 g/mol. The summed E-state index contributed by atoms with van der Waals surface area (Å²) in [5.41, 5.74) is 0.818. The molecule has 1 saturated heterocycles. The number of phenols is 2. The van der Waals surface area contributed by atoms with E-state index in [9.17, 15) is 10.2 Å². The van der Waals surface area contributed by atoms with Gasteiger partial charge in [-0.3, -0.25) is 4.90 Å². The molecule has 1 heterocycles. The third-order valence-electron chi connectivity index (χ3n) is 3.12. The lowest BCUT2D eigenvalue weighted by atomic mass is 10.1. The summed E-state index contributed by atoms with van der Waals surface area (Å²) in [6.07, 6.45) is 1.77. The third-order valence-corrected chi connectivity index (χ3v) is 3.12. The van der Waals surface area contributed by atoms with E-state index in [0.717, 1.165) is 51.3 Å². The fourth-order valence-corrected chi connectivity index (χ4v) is 2.10. The number of hydrogen-bond donors (Lipinski definition) is 2. The van der Waals surface area contributed by atoms with E-state index in [2.05, 4.69) is 4.90 Å². The first-order chi connectivity index (χ1) is 8.27. The average Bonchev–Trinajstić information content (AvgIpc) is 2.36. The predicted molar refractivity (Wildman–Crippen MR) is 65.4 cm³/mol. The molecular formula is C13H19NO3. The lowest BCUT2D eigenvalue weighted by molar-refractivity contribution is 0.0374. The molecule has 1 fully saturated rings. The number of nitrogens with zero attached hydrogens (tertiary/aromatic N) is 1. The molecule has 94 valence electrons. The summed E-state index contributed by atoms with van der Waals surface area (Å²) in [7, 11) is 0. The highest BCUT2D eigenvalue weighted by molar-refractivity contribution is 5.44. The van der Waals surface area contributed by atoms with Gasteiger partial charge in [-0.05, 0) is 31.0 Å². The Balaban J connectivity index is 1.79. The highest BCUT2D eigenvalue weighted by Crippen LogP contribution is 2.28. The van der Waals surface area contributed by atoms with Crippen LogP contribution in [-0.4, -0.2) is 48.0 Å². The van der Waals surface area contributed by atoms with Crippen molar-refractivity contribution in [2.75, 3.05) is 32.8 Å². The van der Waals surface area contributed by atoms with Gasteiger partial charge in [-0.25, -0.2) is 0 Å². The van der Waals surface area contributed by atoms with E-state index in [1.54, 1.807) is 6.07 Å². The van der Waals surface area contributed by atoms with Crippen molar-refractivity contribution in [3.63, 3.8) is 0 Å². The van der Waals surface area contributed by atoms with E-state index in [4.69, 9.17) is 4.74 Å². The maximum Gasteiger partial charge on any atom is 0.160 e. The molecule has 4 heteroatoms. The molecule has 0 atom stereocenters. The number of aryl methyl sites for hydroxylation is 1. The number of hydrogen-bond acceptors (Lipinski definition) is 4. The molecule has 1 aromatic carbocycles. The molecule has 0 aliphatic carbocycles. The van der Waals surface area contributed by atoms with Gasteiger partial charge in [0.25, 0.3) is 0 Å². The van der Waals surface area contributed by atoms with Gasteiger partial charge in [0.1, 0.15) is 0 Å². The lowest BCUT2D eigenvalue weighted by Crippen LogP contribution is -2.36. The monoisotopic (exact) mass is 237 g/mol. The molecule has 0 saturated carbocycles. The molecule has 0 spiro atoms. The van der Waals surface area contributed by atoms with Crippen molar-refractivity contribution < 1.29 is 14.9 Å². The number of benzene rings is 1. The summed E-state index contributed by atoms with van der Waals surface area (Å²) in [6.45, 7) is 4.63. The lowest BCUT2D eigenvalue weighted by Gasteiger charge is -2.26. The van der Waals surface area contributed by atoms with Gasteiger partial charge in [-0.15, -0.1) is 0 Å². The molecule has 2 N–H and O–H groups in total. The largest absolute Gasteiger partial charge is 0.504 e. The van der Waals surface area contributed by atoms with Crippen LogP contribution in [0.2, 0.25) is 0 Å². The van der Waals surface area contributed by atoms with Gasteiger partial charge < -0.3 is 14.9 Å². The van der Waals surface area contributed by atoms with Gasteiger partial charge >= 0.3 is 0 Å². The van der Waals surface area contributed by atoms with Crippen LogP contribution in [-0.2, 0) is 11.2 Å². The number of para-hydroxylation sites is 1. The van der Waals surface area contributed by atoms with Crippen molar-refractivity contribution in [1.29, 1.82) is 0 Å². The fourth-order valence-electron chi connectivity index (χ4n) is 2.10. The Hall–Kier alpha value is -1.26. The van der Waals surface area contributed by atoms with Crippen LogP contribution in [0, 0.1) is 0 Å². The van der Waals surface area contributed by atoms with Crippen molar-refractivity contribution in [3.8, 4) is 11.5 Å². The molecule has 1 aliphatic rings. The van der Waals surface area contributed by atoms with Gasteiger partial charge in [0.05, 0.1) is 13.2 Å². The molecule has 17 heavy (non-hydrogen) atoms. The quantitative estimate of drug-likeness (QED) is 0.776. The van der Waals surface area contributed by atoms with Gasteiger partial charge in [0, 0.05) is 13.1 Å². The first-order valence-electron chi connectivity index (χ1n) is 6.07. The second-order valence-corrected chi connectivity index (χ2v) is 4.34. The first-order valence-corrected chi connectivity index (χ1v) is 6.07. The van der Waals surface area contributed by atoms with E-state index in [1.807, 2.05) is 6.07 Å². The molecule has 4 nitrogen and oxygen atoms in total. The minimum Gasteiger partial charge on any atom is -0.504 e. The smallest absolute Gasteiger partial charge is 0.160 e. The van der Waals surface area contributed by atoms with Gasteiger partial charge in [0.15, 0.2) is 11.5 Å². The second kappa shape index (κ2) is 5.89. The summed E-state index contributed by atoms with van der Waals surface area (Å²) in [5.74, 6) is -0.0108. The molecule has 0 amide bonds. The summed E-state index contributed by atoms with van der Waals surface area (Å²) < 4.78 is 5.28. The van der Waals surface area contributed by atoms with Crippen LogP contribution in [0.4, 0.5) is 0 Å². The van der Waals surface area contributed by atoms with E-state index in [1.165, 1.54) is 6.07 Å². The molecular weight excluding hydrogens is 218 g/mol. The van der Waals surface area contributed by atoms with Gasteiger partial charge in [-0.2, -0.15) is 0 Å². The van der Waals surface area contributed by atoms with E-state index >= 15 is 0 Å². The Labute approximate surface area is 101 Å². The van der Waals surface area contributed by atoms with Crippen molar-refractivity contribution >= 4 is 0 Å². The first kappa shape index (κ1) is 12.2. The minimum atomic E-state index is -0.0335. The number of rotatable bonds is 4. The van der Waals surface area contributed by atoms with Crippen LogP contribution in [0.5, 0.6) is 11.5 Å². The van der Waals surface area contributed by atoms with Crippen LogP contribution >= 0.6 is 0 Å². The zero-order valence-corrected chi connectivity index (χ0v) is 9.93. The van der Waals surface area contributed by atoms with Crippen LogP contribution in [0.15, 0.2) is 18.2 Å². The van der Waals surface area contributed by atoms with Crippen molar-refractivity contribution in [3.05, 3.63) is 23.8 Å². The Morgan fingerprint density at radius 1 is 1.18 bits per heavy atom. The highest BCUT2D eigenvalue weighted by Gasteiger charge is 2.10. The van der Waals surface area contributed by atoms with Crippen LogP contribution in [0.3, 0.4) is 0 Å². The summed E-state index contributed by atoms with van der Waals surface area (Å²) in [4.78, 5) is 2.36. The number of phenolic OH excluding ortho intramolecular Hbond substituents is 2. The molecule has 0 radical (unpaired) electrons. The summed E-state index contributed by atoms with van der Waals surface area (Å²) in [5, 5.41) is 19.0. The van der Waals surface area contributed by atoms with E-state index in [-0.39, 0.29) is 11.5 Å². The van der Waals surface area contributed by atoms with Crippen LogP contribution in [0.1, 0.15) is 12.0 Å². The summed E-state index contributed by atoms with van der Waals surface area (Å²) >= 11 is 0. The van der Waals surface area contributed by atoms with Crippen molar-refractivity contribution in [2.24, 2.45) is 0 Å². The number of ether oxygens (including phenoxy) is 1. The number of morpholine rings is 1. The molecule has 1 aromatic rings. The normalized spacial score (nSPS) is 17.2. The van der Waals surface area contributed by atoms with E-state index < -0.39 is 0 Å². The Bertz CT molecular complexity index is 362. The molecule has 1 aliphatic heterocycles. The second-order valence-electron chi connectivity index (χ2n) is 4.34. The Kier molecular flexibility index (Phi) is 4.23. The Morgan fingerprint density at radius 3 is 2.71 bits per heavy atom. The standard InChI is InChI=1S/C13H19NO3/c15-12-5-1-3-11(13(12)16)4-2-6-14-7-9-17-10-8-14/h1,3,5,15-16H,2,4,6-10H2. The van der Waals surface area contributed by atoms with Crippen LogP contribution in [0.25, 0.3) is 0 Å². The van der Waals surface area contributed by atoms with E-state index in [0.29, 0.717) is 0 Å². The zero-order valence-electron chi connectivity index (χ0n) is 9.93.